The van der Waals surface area contributed by atoms with Gasteiger partial charge in [-0.25, -0.2) is 4.39 Å². The number of rotatable bonds is 6. The van der Waals surface area contributed by atoms with Crippen molar-refractivity contribution >= 4 is 101 Å². The molecular formula is C39H28Br2ClFIN3O6. The maximum absolute atomic E-state index is 15.4. The first kappa shape index (κ1) is 36.2. The van der Waals surface area contributed by atoms with Gasteiger partial charge in [-0.05, 0) is 151 Å². The molecule has 0 aromatic heterocycles. The fourth-order valence-corrected chi connectivity index (χ4v) is 10.3. The highest BCUT2D eigenvalue weighted by Gasteiger charge is 2.70. The molecule has 53 heavy (non-hydrogen) atoms. The molecule has 4 amide bonds. The Kier molecular flexibility index (Phi) is 9.22. The zero-order valence-electron chi connectivity index (χ0n) is 27.7. The van der Waals surface area contributed by atoms with Crippen LogP contribution in [-0.4, -0.2) is 40.9 Å². The monoisotopic (exact) mass is 973 g/mol. The number of nitrogens with one attached hydrogen (secondary N) is 1. The summed E-state index contributed by atoms with van der Waals surface area (Å²) in [6.45, 7) is 0. The molecule has 0 radical (unpaired) electrons. The third kappa shape index (κ3) is 5.47. The van der Waals surface area contributed by atoms with Crippen molar-refractivity contribution in [1.82, 2.24) is 5.01 Å². The van der Waals surface area contributed by atoms with Gasteiger partial charge in [0.15, 0.2) is 11.5 Å². The molecule has 1 saturated carbocycles. The predicted octanol–water partition coefficient (Wildman–Crippen LogP) is 8.51. The number of carbonyl (C=O) groups is 4. The Morgan fingerprint density at radius 2 is 1.60 bits per heavy atom. The van der Waals surface area contributed by atoms with Crippen LogP contribution >= 0.6 is 66.1 Å². The molecule has 3 fully saturated rings. The van der Waals surface area contributed by atoms with Crippen molar-refractivity contribution in [1.29, 1.82) is 0 Å². The van der Waals surface area contributed by atoms with E-state index in [1.54, 1.807) is 42.5 Å². The number of imide groups is 2. The third-order valence-electron chi connectivity index (χ3n) is 11.0. The number of carbonyl (C=O) groups excluding carboxylic acids is 4. The van der Waals surface area contributed by atoms with Gasteiger partial charge in [0.05, 0.1) is 46.1 Å². The Bertz CT molecular complexity index is 2260. The Morgan fingerprint density at radius 3 is 2.26 bits per heavy atom. The minimum absolute atomic E-state index is 0.0753. The van der Waals surface area contributed by atoms with Gasteiger partial charge in [0.1, 0.15) is 5.82 Å². The van der Waals surface area contributed by atoms with Gasteiger partial charge >= 0.3 is 0 Å². The topological polar surface area (TPSA) is 116 Å². The number of ether oxygens (including phenoxy) is 1. The molecular weight excluding hydrogens is 948 g/mol. The van der Waals surface area contributed by atoms with Gasteiger partial charge < -0.3 is 9.84 Å². The molecule has 270 valence electrons. The quantitative estimate of drug-likeness (QED) is 0.113. The first-order valence-corrected chi connectivity index (χ1v) is 19.7. The fraction of sp³-hybridized carbons (Fsp3) is 0.231. The SMILES string of the molecule is COc1cc([C@H]2C3=CC[C@@H]4C(=O)N(c5ccc(I)cc5)C(=O)[C@@H]4[C@@H]3C[C@H]3C(=O)N(Nc4ccc(F)cc4)C(=O)[C@@]23c2ccc(Cl)cc2)c(Br)c(Br)c1O. The number of amides is 4. The zero-order valence-corrected chi connectivity index (χ0v) is 33.7. The number of fused-ring (bicyclic) bond motifs is 4. The van der Waals surface area contributed by atoms with Gasteiger partial charge in [-0.2, -0.15) is 5.01 Å². The van der Waals surface area contributed by atoms with E-state index in [4.69, 9.17) is 16.3 Å². The second-order valence-corrected chi connectivity index (χ2v) is 16.8. The second kappa shape index (κ2) is 13.5. The minimum atomic E-state index is -1.62. The van der Waals surface area contributed by atoms with E-state index in [1.165, 1.54) is 36.3 Å². The van der Waals surface area contributed by atoms with E-state index in [2.05, 4.69) is 59.9 Å². The van der Waals surface area contributed by atoms with Gasteiger partial charge in [0.25, 0.3) is 11.8 Å². The smallest absolute Gasteiger partial charge is 0.260 e. The molecule has 2 saturated heterocycles. The van der Waals surface area contributed by atoms with Crippen LogP contribution in [0.25, 0.3) is 0 Å². The summed E-state index contributed by atoms with van der Waals surface area (Å²) in [6, 6.07) is 20.8. The second-order valence-electron chi connectivity index (χ2n) is 13.5. The number of allylic oxidation sites excluding steroid dienone is 2. The first-order chi connectivity index (χ1) is 25.4. The summed E-state index contributed by atoms with van der Waals surface area (Å²) >= 11 is 15.7. The highest BCUT2D eigenvalue weighted by Crippen LogP contribution is 2.65. The van der Waals surface area contributed by atoms with Gasteiger partial charge in [0.2, 0.25) is 11.8 Å². The standard InChI is InChI=1S/C39H28Br2ClFIN3O6/c1-53-29-17-27(32(40)33(41)34(29)48)31-24-14-15-25-30(37(51)46(35(25)49)23-12-8-21(44)9-13-23)26(24)16-28-36(50)47(45-22-10-6-20(43)7-11-22)38(52)39(28,31)18-2-4-19(42)5-3-18/h2-14,17,25-26,28,30-31,45,48H,15-16H2,1H3/t25-,26+,28-,30-,31+,39+/m0/s1. The van der Waals surface area contributed by atoms with Crippen molar-refractivity contribution in [2.45, 2.75) is 24.2 Å². The molecule has 0 spiro atoms. The van der Waals surface area contributed by atoms with Crippen LogP contribution in [0.2, 0.25) is 5.02 Å². The Labute approximate surface area is 338 Å². The number of methoxy groups -OCH3 is 1. The molecule has 6 atom stereocenters. The van der Waals surface area contributed by atoms with Crippen LogP contribution in [0.3, 0.4) is 0 Å². The number of halogens is 5. The minimum Gasteiger partial charge on any atom is -0.503 e. The van der Waals surface area contributed by atoms with E-state index in [0.717, 1.165) is 8.58 Å². The number of aromatic hydroxyl groups is 1. The van der Waals surface area contributed by atoms with Gasteiger partial charge in [-0.3, -0.25) is 29.5 Å². The van der Waals surface area contributed by atoms with Crippen LogP contribution in [0.1, 0.15) is 29.9 Å². The number of hydrogen-bond donors (Lipinski definition) is 2. The number of phenols is 1. The maximum Gasteiger partial charge on any atom is 0.260 e. The number of hydrogen-bond acceptors (Lipinski definition) is 7. The number of anilines is 2. The average molecular weight is 976 g/mol. The Balaban J connectivity index is 1.37. The van der Waals surface area contributed by atoms with Crippen molar-refractivity contribution in [2.24, 2.45) is 23.7 Å². The lowest BCUT2D eigenvalue weighted by atomic mass is 9.49. The number of benzene rings is 4. The third-order valence-corrected chi connectivity index (χ3v) is 14.2. The molecule has 0 unspecified atom stereocenters. The molecule has 8 rings (SSSR count). The molecule has 2 heterocycles. The van der Waals surface area contributed by atoms with E-state index in [1.807, 2.05) is 18.2 Å². The van der Waals surface area contributed by atoms with E-state index < -0.39 is 52.6 Å². The molecule has 4 aromatic rings. The van der Waals surface area contributed by atoms with Crippen LogP contribution in [0.5, 0.6) is 11.5 Å². The first-order valence-electron chi connectivity index (χ1n) is 16.6. The normalized spacial score (nSPS) is 26.3. The summed E-state index contributed by atoms with van der Waals surface area (Å²) in [5.74, 6) is -6.42. The average Bonchev–Trinajstić information content (AvgIpc) is 3.53. The van der Waals surface area contributed by atoms with E-state index in [9.17, 15) is 23.9 Å². The van der Waals surface area contributed by atoms with Crippen molar-refractivity contribution in [3.8, 4) is 11.5 Å². The summed E-state index contributed by atoms with van der Waals surface area (Å²) < 4.78 is 21.1. The lowest BCUT2D eigenvalue weighted by molar-refractivity contribution is -0.138. The zero-order chi connectivity index (χ0) is 37.5. The molecule has 2 aliphatic heterocycles. The lowest BCUT2D eigenvalue weighted by Crippen LogP contribution is -2.53. The molecule has 0 bridgehead atoms. The van der Waals surface area contributed by atoms with Crippen molar-refractivity contribution in [2.75, 3.05) is 17.4 Å². The lowest BCUT2D eigenvalue weighted by Gasteiger charge is -2.51. The summed E-state index contributed by atoms with van der Waals surface area (Å²) in [5, 5.41) is 12.4. The highest BCUT2D eigenvalue weighted by atomic mass is 127. The molecule has 4 aromatic carbocycles. The van der Waals surface area contributed by atoms with Crippen LogP contribution < -0.4 is 15.1 Å². The van der Waals surface area contributed by atoms with Gasteiger partial charge in [-0.1, -0.05) is 35.4 Å². The summed E-state index contributed by atoms with van der Waals surface area (Å²) in [7, 11) is 1.41. The maximum atomic E-state index is 15.4. The van der Waals surface area contributed by atoms with Crippen LogP contribution in [0.4, 0.5) is 15.8 Å². The van der Waals surface area contributed by atoms with Gasteiger partial charge in [-0.15, -0.1) is 0 Å². The van der Waals surface area contributed by atoms with E-state index >= 15 is 4.79 Å². The van der Waals surface area contributed by atoms with Crippen LogP contribution in [-0.2, 0) is 24.6 Å². The number of hydrazine groups is 1. The molecule has 4 aliphatic rings. The fourth-order valence-electron chi connectivity index (χ4n) is 8.82. The summed E-state index contributed by atoms with van der Waals surface area (Å²) in [6.07, 6.45) is 2.25. The van der Waals surface area contributed by atoms with Crippen molar-refractivity contribution < 1.29 is 33.4 Å². The molecule has 9 nitrogen and oxygen atoms in total. The number of phenolic OH excluding ortho intramolecular Hbond substituents is 1. The predicted molar refractivity (Wildman–Crippen MR) is 211 cm³/mol. The van der Waals surface area contributed by atoms with Crippen LogP contribution in [0, 0.1) is 33.1 Å². The summed E-state index contributed by atoms with van der Waals surface area (Å²) in [5.41, 5.74) is 3.84. The van der Waals surface area contributed by atoms with Gasteiger partial charge in [0, 0.05) is 19.0 Å². The highest BCUT2D eigenvalue weighted by molar-refractivity contribution is 14.1. The Morgan fingerprint density at radius 1 is 0.925 bits per heavy atom. The molecule has 14 heteroatoms. The summed E-state index contributed by atoms with van der Waals surface area (Å²) in [4.78, 5) is 60.1. The molecule has 2 aliphatic carbocycles. The van der Waals surface area contributed by atoms with E-state index in [-0.39, 0.29) is 40.6 Å². The van der Waals surface area contributed by atoms with Crippen molar-refractivity contribution in [3.05, 3.63) is 125 Å². The number of nitrogens with zero attached hydrogens (tertiary/aromatic N) is 2. The van der Waals surface area contributed by atoms with E-state index in [0.29, 0.717) is 37.6 Å². The largest absolute Gasteiger partial charge is 0.503 e. The van der Waals surface area contributed by atoms with Crippen molar-refractivity contribution in [3.63, 3.8) is 0 Å². The Hall–Kier alpha value is -3.79. The molecule has 2 N–H and O–H groups in total. The van der Waals surface area contributed by atoms with Crippen LogP contribution in [0.15, 0.2) is 99.5 Å².